The molecule has 2 fully saturated rings. The predicted molar refractivity (Wildman–Crippen MR) is 81.8 cm³/mol. The summed E-state index contributed by atoms with van der Waals surface area (Å²) in [5, 5.41) is 0.936. The third-order valence-corrected chi connectivity index (χ3v) is 5.08. The fourth-order valence-electron chi connectivity index (χ4n) is 3.93. The second-order valence-corrected chi connectivity index (χ2v) is 6.25. The fourth-order valence-corrected chi connectivity index (χ4v) is 3.93. The Hall–Kier alpha value is -1.94. The van der Waals surface area contributed by atoms with Crippen molar-refractivity contribution in [2.24, 2.45) is 17.6 Å². The van der Waals surface area contributed by atoms with Gasteiger partial charge in [-0.15, -0.1) is 0 Å². The highest BCUT2D eigenvalue weighted by molar-refractivity contribution is 6.06. The van der Waals surface area contributed by atoms with E-state index in [1.807, 2.05) is 35.2 Å². The molecule has 2 aliphatic rings. The third-order valence-electron chi connectivity index (χ3n) is 5.08. The number of nitrogens with two attached hydrogens (primary N) is 1. The molecule has 2 N–H and O–H groups in total. The normalized spacial score (nSPS) is 28.0. The van der Waals surface area contributed by atoms with Crippen molar-refractivity contribution in [2.75, 3.05) is 13.1 Å². The van der Waals surface area contributed by atoms with Gasteiger partial charge in [-0.25, -0.2) is 0 Å². The van der Waals surface area contributed by atoms with Crippen LogP contribution in [0.3, 0.4) is 0 Å². The van der Waals surface area contributed by atoms with E-state index in [0.717, 1.165) is 42.4 Å². The Morgan fingerprint density at radius 1 is 1.19 bits per heavy atom. The van der Waals surface area contributed by atoms with Crippen LogP contribution in [0, 0.1) is 11.8 Å². The number of aromatic nitrogens is 1. The molecule has 0 spiro atoms. The van der Waals surface area contributed by atoms with E-state index in [9.17, 15) is 4.79 Å². The minimum Gasteiger partial charge on any atom is -0.338 e. The SMILES string of the molecule is NC1CCC2CN(C(=O)c3cccc4ncccc34)CC12. The summed E-state index contributed by atoms with van der Waals surface area (Å²) in [5.41, 5.74) is 7.80. The number of fused-ring (bicyclic) bond motifs is 2. The van der Waals surface area contributed by atoms with Crippen LogP contribution in [0.5, 0.6) is 0 Å². The van der Waals surface area contributed by atoms with E-state index < -0.39 is 0 Å². The molecule has 2 heterocycles. The molecule has 4 rings (SSSR count). The van der Waals surface area contributed by atoms with Crippen LogP contribution >= 0.6 is 0 Å². The Labute approximate surface area is 124 Å². The Morgan fingerprint density at radius 3 is 2.95 bits per heavy atom. The molecule has 1 amide bonds. The number of nitrogens with zero attached hydrogens (tertiary/aromatic N) is 2. The monoisotopic (exact) mass is 281 g/mol. The number of carbonyl (C=O) groups excluding carboxylic acids is 1. The van der Waals surface area contributed by atoms with Gasteiger partial charge in [-0.1, -0.05) is 12.1 Å². The van der Waals surface area contributed by atoms with Gasteiger partial charge in [-0.05, 0) is 42.9 Å². The fraction of sp³-hybridized carbons (Fsp3) is 0.412. The maximum absolute atomic E-state index is 12.9. The smallest absolute Gasteiger partial charge is 0.254 e. The number of carbonyl (C=O) groups is 1. The number of hydrogen-bond donors (Lipinski definition) is 1. The van der Waals surface area contributed by atoms with Crippen LogP contribution < -0.4 is 5.73 Å². The second-order valence-electron chi connectivity index (χ2n) is 6.25. The first-order valence-corrected chi connectivity index (χ1v) is 7.62. The van der Waals surface area contributed by atoms with Gasteiger partial charge in [0.25, 0.3) is 5.91 Å². The van der Waals surface area contributed by atoms with Gasteiger partial charge < -0.3 is 10.6 Å². The van der Waals surface area contributed by atoms with Crippen molar-refractivity contribution < 1.29 is 4.79 Å². The number of likely N-dealkylation sites (tertiary alicyclic amines) is 1. The van der Waals surface area contributed by atoms with Crippen molar-refractivity contribution in [3.8, 4) is 0 Å². The Balaban J connectivity index is 1.66. The van der Waals surface area contributed by atoms with Gasteiger partial charge in [0.1, 0.15) is 0 Å². The molecule has 1 aromatic carbocycles. The van der Waals surface area contributed by atoms with Gasteiger partial charge in [0.2, 0.25) is 0 Å². The van der Waals surface area contributed by atoms with Gasteiger partial charge in [0, 0.05) is 36.3 Å². The summed E-state index contributed by atoms with van der Waals surface area (Å²) < 4.78 is 0. The van der Waals surface area contributed by atoms with Crippen molar-refractivity contribution in [3.05, 3.63) is 42.1 Å². The highest BCUT2D eigenvalue weighted by Crippen LogP contribution is 2.37. The summed E-state index contributed by atoms with van der Waals surface area (Å²) in [5.74, 6) is 1.20. The highest BCUT2D eigenvalue weighted by Gasteiger charge is 2.42. The molecule has 0 bridgehead atoms. The summed E-state index contributed by atoms with van der Waals surface area (Å²) in [6.45, 7) is 1.66. The first-order chi connectivity index (χ1) is 10.2. The summed E-state index contributed by atoms with van der Waals surface area (Å²) in [7, 11) is 0. The zero-order chi connectivity index (χ0) is 14.4. The molecule has 1 aliphatic heterocycles. The molecule has 4 nitrogen and oxygen atoms in total. The average Bonchev–Trinajstić information content (AvgIpc) is 3.08. The molecule has 3 atom stereocenters. The van der Waals surface area contributed by atoms with Crippen molar-refractivity contribution >= 4 is 16.8 Å². The van der Waals surface area contributed by atoms with E-state index in [4.69, 9.17) is 5.73 Å². The van der Waals surface area contributed by atoms with Crippen molar-refractivity contribution in [1.82, 2.24) is 9.88 Å². The first kappa shape index (κ1) is 12.8. The zero-order valence-corrected chi connectivity index (χ0v) is 11.9. The lowest BCUT2D eigenvalue weighted by atomic mass is 9.98. The van der Waals surface area contributed by atoms with E-state index in [1.54, 1.807) is 6.20 Å². The van der Waals surface area contributed by atoms with Gasteiger partial charge in [-0.2, -0.15) is 0 Å². The molecule has 108 valence electrons. The van der Waals surface area contributed by atoms with E-state index in [-0.39, 0.29) is 11.9 Å². The highest BCUT2D eigenvalue weighted by atomic mass is 16.2. The standard InChI is InChI=1S/C17H19N3O/c18-15-7-6-11-9-20(10-14(11)15)17(21)13-3-1-5-16-12(13)4-2-8-19-16/h1-5,8,11,14-15H,6-7,9-10,18H2. The summed E-state index contributed by atoms with van der Waals surface area (Å²) in [4.78, 5) is 19.2. The molecule has 2 aromatic rings. The lowest BCUT2D eigenvalue weighted by Crippen LogP contribution is -2.33. The lowest BCUT2D eigenvalue weighted by Gasteiger charge is -2.19. The Bertz CT molecular complexity index is 694. The number of benzene rings is 1. The molecule has 1 saturated heterocycles. The summed E-state index contributed by atoms with van der Waals surface area (Å²) >= 11 is 0. The van der Waals surface area contributed by atoms with Crippen molar-refractivity contribution in [3.63, 3.8) is 0 Å². The Kier molecular flexibility index (Phi) is 2.93. The molecular formula is C17H19N3O. The van der Waals surface area contributed by atoms with Crippen molar-refractivity contribution in [2.45, 2.75) is 18.9 Å². The topological polar surface area (TPSA) is 59.2 Å². The largest absolute Gasteiger partial charge is 0.338 e. The molecular weight excluding hydrogens is 262 g/mol. The number of amides is 1. The molecule has 3 unspecified atom stereocenters. The molecule has 1 aromatic heterocycles. The maximum Gasteiger partial charge on any atom is 0.254 e. The number of pyridine rings is 1. The predicted octanol–water partition coefficient (Wildman–Crippen LogP) is 2.04. The number of hydrogen-bond acceptors (Lipinski definition) is 3. The van der Waals surface area contributed by atoms with Gasteiger partial charge in [0.05, 0.1) is 5.52 Å². The van der Waals surface area contributed by atoms with Gasteiger partial charge >= 0.3 is 0 Å². The van der Waals surface area contributed by atoms with Crippen LogP contribution in [0.25, 0.3) is 10.9 Å². The van der Waals surface area contributed by atoms with E-state index in [0.29, 0.717) is 11.8 Å². The summed E-state index contributed by atoms with van der Waals surface area (Å²) in [6.07, 6.45) is 4.03. The zero-order valence-electron chi connectivity index (χ0n) is 11.9. The molecule has 21 heavy (non-hydrogen) atoms. The van der Waals surface area contributed by atoms with E-state index in [1.165, 1.54) is 0 Å². The quantitative estimate of drug-likeness (QED) is 0.870. The van der Waals surface area contributed by atoms with Crippen LogP contribution in [-0.2, 0) is 0 Å². The van der Waals surface area contributed by atoms with Crippen LogP contribution in [0.15, 0.2) is 36.5 Å². The van der Waals surface area contributed by atoms with Crippen molar-refractivity contribution in [1.29, 1.82) is 0 Å². The lowest BCUT2D eigenvalue weighted by molar-refractivity contribution is 0.0781. The molecule has 0 radical (unpaired) electrons. The third kappa shape index (κ3) is 2.02. The van der Waals surface area contributed by atoms with Gasteiger partial charge in [0.15, 0.2) is 0 Å². The van der Waals surface area contributed by atoms with Crippen LogP contribution in [0.1, 0.15) is 23.2 Å². The van der Waals surface area contributed by atoms with E-state index >= 15 is 0 Å². The average molecular weight is 281 g/mol. The van der Waals surface area contributed by atoms with Crippen LogP contribution in [-0.4, -0.2) is 34.9 Å². The number of rotatable bonds is 1. The summed E-state index contributed by atoms with van der Waals surface area (Å²) in [6, 6.07) is 9.88. The van der Waals surface area contributed by atoms with Crippen LogP contribution in [0.2, 0.25) is 0 Å². The molecule has 1 saturated carbocycles. The maximum atomic E-state index is 12.9. The molecule has 1 aliphatic carbocycles. The van der Waals surface area contributed by atoms with E-state index in [2.05, 4.69) is 4.98 Å². The van der Waals surface area contributed by atoms with Crippen LogP contribution in [0.4, 0.5) is 0 Å². The second kappa shape index (κ2) is 4.81. The minimum absolute atomic E-state index is 0.121. The molecule has 4 heteroatoms. The minimum atomic E-state index is 0.121. The first-order valence-electron chi connectivity index (χ1n) is 7.62. The Morgan fingerprint density at radius 2 is 2.10 bits per heavy atom. The van der Waals surface area contributed by atoms with Gasteiger partial charge in [-0.3, -0.25) is 9.78 Å².